The highest BCUT2D eigenvalue weighted by molar-refractivity contribution is 7.91. The van der Waals surface area contributed by atoms with Gasteiger partial charge in [0, 0.05) is 17.2 Å². The molecule has 1 N–H and O–H groups in total. The summed E-state index contributed by atoms with van der Waals surface area (Å²) in [5.74, 6) is -1.15. The minimum atomic E-state index is -4.01. The van der Waals surface area contributed by atoms with E-state index in [1.54, 1.807) is 24.3 Å². The summed E-state index contributed by atoms with van der Waals surface area (Å²) in [7, 11) is -1.10. The van der Waals surface area contributed by atoms with E-state index in [1.165, 1.54) is 44.6 Å². The molecule has 34 heavy (non-hydrogen) atoms. The Morgan fingerprint density at radius 2 is 1.62 bits per heavy atom. The van der Waals surface area contributed by atoms with E-state index in [0.717, 1.165) is 6.07 Å². The number of methoxy groups -OCH3 is 2. The van der Waals surface area contributed by atoms with Gasteiger partial charge < -0.3 is 19.5 Å². The maximum absolute atomic E-state index is 13.0. The summed E-state index contributed by atoms with van der Waals surface area (Å²) in [6.07, 6.45) is 0. The van der Waals surface area contributed by atoms with Gasteiger partial charge in [0.25, 0.3) is 5.91 Å². The normalized spacial score (nSPS) is 13.3. The lowest BCUT2D eigenvalue weighted by molar-refractivity contribution is -0.119. The van der Waals surface area contributed by atoms with E-state index in [9.17, 15) is 22.8 Å². The van der Waals surface area contributed by atoms with Gasteiger partial charge in [0.05, 0.1) is 35.3 Å². The van der Waals surface area contributed by atoms with Crippen molar-refractivity contribution in [2.24, 2.45) is 0 Å². The van der Waals surface area contributed by atoms with Crippen molar-refractivity contribution in [3.63, 3.8) is 0 Å². The van der Waals surface area contributed by atoms with E-state index in [2.05, 4.69) is 5.32 Å². The van der Waals surface area contributed by atoms with Crippen LogP contribution in [-0.2, 0) is 19.4 Å². The Morgan fingerprint density at radius 3 is 2.35 bits per heavy atom. The molecule has 0 unspecified atom stereocenters. The Morgan fingerprint density at radius 1 is 0.882 bits per heavy atom. The Hall–Kier alpha value is -4.18. The number of benzene rings is 3. The predicted molar refractivity (Wildman–Crippen MR) is 120 cm³/mol. The zero-order chi connectivity index (χ0) is 24.5. The van der Waals surface area contributed by atoms with Gasteiger partial charge in [-0.2, -0.15) is 0 Å². The van der Waals surface area contributed by atoms with Crippen molar-refractivity contribution in [2.75, 3.05) is 26.1 Å². The molecule has 10 heteroatoms. The van der Waals surface area contributed by atoms with Crippen LogP contribution in [-0.4, -0.2) is 46.9 Å². The van der Waals surface area contributed by atoms with E-state index >= 15 is 0 Å². The molecule has 1 aliphatic rings. The molecule has 1 heterocycles. The third kappa shape index (κ3) is 4.11. The average molecular weight is 481 g/mol. The van der Waals surface area contributed by atoms with E-state index in [-0.39, 0.29) is 26.5 Å². The van der Waals surface area contributed by atoms with Crippen molar-refractivity contribution in [1.29, 1.82) is 0 Å². The van der Waals surface area contributed by atoms with Crippen molar-refractivity contribution >= 4 is 33.2 Å². The van der Waals surface area contributed by atoms with Crippen LogP contribution < -0.4 is 14.8 Å². The first-order valence-electron chi connectivity index (χ1n) is 9.98. The van der Waals surface area contributed by atoms with Crippen molar-refractivity contribution in [2.45, 2.75) is 9.79 Å². The topological polar surface area (TPSA) is 125 Å². The Balaban J connectivity index is 1.51. The SMILES string of the molecule is COc1ccc(OC)c(NC(=O)COC(=O)c2ccc3c(c2)S(=O)(=O)c2ccccc2C3=O)c1. The van der Waals surface area contributed by atoms with Gasteiger partial charge in [-0.3, -0.25) is 9.59 Å². The number of nitrogens with one attached hydrogen (secondary N) is 1. The smallest absolute Gasteiger partial charge is 0.338 e. The van der Waals surface area contributed by atoms with Gasteiger partial charge in [-0.1, -0.05) is 12.1 Å². The lowest BCUT2D eigenvalue weighted by Crippen LogP contribution is -2.23. The van der Waals surface area contributed by atoms with E-state index in [4.69, 9.17) is 14.2 Å². The summed E-state index contributed by atoms with van der Waals surface area (Å²) in [5.41, 5.74) is 0.259. The van der Waals surface area contributed by atoms with Crippen LogP contribution in [0.3, 0.4) is 0 Å². The van der Waals surface area contributed by atoms with Crippen LogP contribution in [0.1, 0.15) is 26.3 Å². The van der Waals surface area contributed by atoms with Crippen LogP contribution in [0.4, 0.5) is 5.69 Å². The fourth-order valence-electron chi connectivity index (χ4n) is 3.52. The highest BCUT2D eigenvalue weighted by atomic mass is 32.2. The first kappa shape index (κ1) is 23.0. The third-order valence-corrected chi connectivity index (χ3v) is 7.04. The highest BCUT2D eigenvalue weighted by Crippen LogP contribution is 2.35. The van der Waals surface area contributed by atoms with Gasteiger partial charge >= 0.3 is 5.97 Å². The van der Waals surface area contributed by atoms with Gasteiger partial charge in [-0.25, -0.2) is 13.2 Å². The number of hydrogen-bond acceptors (Lipinski definition) is 8. The Bertz CT molecular complexity index is 1430. The summed E-state index contributed by atoms with van der Waals surface area (Å²) >= 11 is 0. The fourth-order valence-corrected chi connectivity index (χ4v) is 5.20. The Labute approximate surface area is 195 Å². The number of hydrogen-bond donors (Lipinski definition) is 1. The molecule has 0 spiro atoms. The molecule has 0 saturated heterocycles. The number of amides is 1. The lowest BCUT2D eigenvalue weighted by Gasteiger charge is -2.19. The number of ketones is 1. The number of esters is 1. The maximum Gasteiger partial charge on any atom is 0.338 e. The monoisotopic (exact) mass is 481 g/mol. The number of ether oxygens (including phenoxy) is 3. The second-order valence-electron chi connectivity index (χ2n) is 7.23. The van der Waals surface area contributed by atoms with Crippen molar-refractivity contribution < 1.29 is 37.0 Å². The number of carbonyl (C=O) groups is 3. The van der Waals surface area contributed by atoms with Crippen molar-refractivity contribution in [3.8, 4) is 11.5 Å². The second kappa shape index (κ2) is 8.99. The molecule has 0 aliphatic carbocycles. The summed E-state index contributed by atoms with van der Waals surface area (Å²) in [4.78, 5) is 37.1. The molecule has 0 radical (unpaired) electrons. The molecular weight excluding hydrogens is 462 g/mol. The number of fused-ring (bicyclic) bond motifs is 2. The fraction of sp³-hybridized carbons (Fsp3) is 0.125. The number of carbonyl (C=O) groups excluding carboxylic acids is 3. The molecule has 0 saturated carbocycles. The van der Waals surface area contributed by atoms with Gasteiger partial charge in [-0.05, 0) is 42.5 Å². The van der Waals surface area contributed by atoms with Crippen LogP contribution in [0.2, 0.25) is 0 Å². The standard InChI is InChI=1S/C24H19NO8S/c1-31-15-8-10-19(32-2)18(12-15)25-22(26)13-33-24(28)14-7-9-17-21(11-14)34(29,30)20-6-4-3-5-16(20)23(17)27/h3-12H,13H2,1-2H3,(H,25,26). The van der Waals surface area contributed by atoms with Gasteiger partial charge in [0.15, 0.2) is 12.4 Å². The number of anilines is 1. The van der Waals surface area contributed by atoms with Gasteiger partial charge in [-0.15, -0.1) is 0 Å². The quantitative estimate of drug-likeness (QED) is 0.417. The summed E-state index contributed by atoms with van der Waals surface area (Å²) < 4.78 is 41.4. The van der Waals surface area contributed by atoms with Crippen LogP contribution in [0.5, 0.6) is 11.5 Å². The van der Waals surface area contributed by atoms with Crippen LogP contribution in [0.15, 0.2) is 70.5 Å². The lowest BCUT2D eigenvalue weighted by atomic mass is 10.0. The summed E-state index contributed by atoms with van der Waals surface area (Å²) in [6.45, 7) is -0.634. The maximum atomic E-state index is 13.0. The van der Waals surface area contributed by atoms with Crippen LogP contribution in [0, 0.1) is 0 Å². The average Bonchev–Trinajstić information content (AvgIpc) is 2.85. The molecule has 3 aromatic carbocycles. The molecule has 0 aromatic heterocycles. The highest BCUT2D eigenvalue weighted by Gasteiger charge is 2.35. The number of rotatable bonds is 6. The van der Waals surface area contributed by atoms with Crippen LogP contribution in [0.25, 0.3) is 0 Å². The predicted octanol–water partition coefficient (Wildman–Crippen LogP) is 2.88. The molecular formula is C24H19NO8S. The molecule has 0 bridgehead atoms. The van der Waals surface area contributed by atoms with Gasteiger partial charge in [0.1, 0.15) is 11.5 Å². The minimum absolute atomic E-state index is 0.0295. The summed E-state index contributed by atoms with van der Waals surface area (Å²) in [6, 6.07) is 14.3. The molecule has 4 rings (SSSR count). The van der Waals surface area contributed by atoms with Gasteiger partial charge in [0.2, 0.25) is 9.84 Å². The molecule has 1 amide bonds. The molecule has 0 fully saturated rings. The van der Waals surface area contributed by atoms with E-state index in [1.807, 2.05) is 0 Å². The largest absolute Gasteiger partial charge is 0.497 e. The first-order valence-corrected chi connectivity index (χ1v) is 11.5. The van der Waals surface area contributed by atoms with Crippen molar-refractivity contribution in [3.05, 3.63) is 77.4 Å². The second-order valence-corrected chi connectivity index (χ2v) is 9.12. The van der Waals surface area contributed by atoms with E-state index in [0.29, 0.717) is 17.2 Å². The zero-order valence-corrected chi connectivity index (χ0v) is 19.0. The first-order chi connectivity index (χ1) is 16.3. The summed E-state index contributed by atoms with van der Waals surface area (Å²) in [5, 5.41) is 2.56. The van der Waals surface area contributed by atoms with E-state index < -0.39 is 34.1 Å². The molecule has 174 valence electrons. The Kier molecular flexibility index (Phi) is 6.08. The molecule has 1 aliphatic heterocycles. The molecule has 3 aromatic rings. The number of sulfone groups is 1. The van der Waals surface area contributed by atoms with Crippen LogP contribution >= 0.6 is 0 Å². The minimum Gasteiger partial charge on any atom is -0.497 e. The molecule has 0 atom stereocenters. The molecule has 9 nitrogen and oxygen atoms in total. The van der Waals surface area contributed by atoms with Crippen molar-refractivity contribution in [1.82, 2.24) is 0 Å². The zero-order valence-electron chi connectivity index (χ0n) is 18.2. The third-order valence-electron chi connectivity index (χ3n) is 5.19.